The van der Waals surface area contributed by atoms with Gasteiger partial charge in [0.05, 0.1) is 0 Å². The van der Waals surface area contributed by atoms with Crippen LogP contribution in [0.5, 0.6) is 0 Å². The molecule has 0 rings (SSSR count). The van der Waals surface area contributed by atoms with Crippen LogP contribution < -0.4 is 0 Å². The standard InChI is InChI=1S/20Ta.80Ti. The summed E-state index contributed by atoms with van der Waals surface area (Å²) < 4.78 is 0. The zero-order valence-electron chi connectivity index (χ0n) is 48.9. The Morgan fingerprint density at radius 2 is 0.0200 bits per heavy atom. The summed E-state index contributed by atoms with van der Waals surface area (Å²) in [6.45, 7) is 0. The van der Waals surface area contributed by atoms with Crippen molar-refractivity contribution in [3.8, 4) is 0 Å². The summed E-state index contributed by atoms with van der Waals surface area (Å²) >= 11 is 0. The van der Waals surface area contributed by atoms with Gasteiger partial charge in [-0.2, -0.15) is 0 Å². The second-order valence-corrected chi connectivity index (χ2v) is 0. The summed E-state index contributed by atoms with van der Waals surface area (Å²) in [6, 6.07) is 0. The quantitative estimate of drug-likeness (QED) is 0.295. The monoisotopic (exact) mass is 7450 g/mol. The van der Waals surface area contributed by atoms with Crippen LogP contribution in [0.2, 0.25) is 0 Å². The van der Waals surface area contributed by atoms with E-state index in [2.05, 4.69) is 0 Å². The first-order chi connectivity index (χ1) is 0. The van der Waals surface area contributed by atoms with Gasteiger partial charge in [0.25, 0.3) is 0 Å². The Labute approximate surface area is 2110 Å². The van der Waals surface area contributed by atoms with E-state index in [1.807, 2.05) is 0 Å². The Balaban J connectivity index is 0. The first-order valence-electron chi connectivity index (χ1n) is 0. The van der Waals surface area contributed by atoms with E-state index in [0.29, 0.717) is 0 Å². The minimum atomic E-state index is 0. The van der Waals surface area contributed by atoms with E-state index in [-0.39, 0.29) is 2190 Å². The van der Waals surface area contributed by atoms with Crippen molar-refractivity contribution in [1.82, 2.24) is 0 Å². The van der Waals surface area contributed by atoms with Gasteiger partial charge in [0, 0.05) is 2190 Å². The molecule has 0 amide bonds. The van der Waals surface area contributed by atoms with Crippen molar-refractivity contribution in [1.29, 1.82) is 0 Å². The fraction of sp³-hybridized carbons (Fsp3) is 0. The van der Waals surface area contributed by atoms with Gasteiger partial charge < -0.3 is 0 Å². The Morgan fingerprint density at radius 1 is 0.0200 bits per heavy atom. The van der Waals surface area contributed by atoms with Crippen LogP contribution in [-0.4, -0.2) is 0 Å². The Bertz CT molecular complexity index is 72.2. The molecule has 0 aromatic rings. The van der Waals surface area contributed by atoms with E-state index >= 15 is 0 Å². The van der Waals surface area contributed by atoms with E-state index in [4.69, 9.17) is 0 Å². The molecule has 0 nitrogen and oxygen atoms in total. The summed E-state index contributed by atoms with van der Waals surface area (Å²) in [5.74, 6) is 0. The van der Waals surface area contributed by atoms with E-state index in [1.54, 1.807) is 0 Å². The third-order valence-corrected chi connectivity index (χ3v) is 0. The molecule has 0 bridgehead atoms. The second-order valence-electron chi connectivity index (χ2n) is 0. The van der Waals surface area contributed by atoms with Crippen molar-refractivity contribution >= 4 is 0 Å². The van der Waals surface area contributed by atoms with Gasteiger partial charge in [0.15, 0.2) is 0 Å². The topological polar surface area (TPSA) is 0 Å². The van der Waals surface area contributed by atoms with Crippen LogP contribution in [0.3, 0.4) is 0 Å². The number of rotatable bonds is 0. The van der Waals surface area contributed by atoms with Gasteiger partial charge >= 0.3 is 0 Å². The van der Waals surface area contributed by atoms with Gasteiger partial charge in [0.1, 0.15) is 0 Å². The van der Waals surface area contributed by atoms with Gasteiger partial charge in [0.2, 0.25) is 0 Å². The molecule has 0 saturated heterocycles. The molecule has 0 aliphatic heterocycles. The van der Waals surface area contributed by atoms with Gasteiger partial charge in [-0.1, -0.05) is 0 Å². The maximum Gasteiger partial charge on any atom is 0 e. The fourth-order valence-corrected chi connectivity index (χ4v) is 0. The fourth-order valence-electron chi connectivity index (χ4n) is 0. The second kappa shape index (κ2) is 954. The molecular formula is Ta20Ti80. The predicted molar refractivity (Wildman–Crippen MR) is 0 cm³/mol. The molecule has 100 heteroatoms. The van der Waals surface area contributed by atoms with E-state index in [0.717, 1.165) is 0 Å². The summed E-state index contributed by atoms with van der Waals surface area (Å²) in [4.78, 5) is 0. The van der Waals surface area contributed by atoms with E-state index in [1.165, 1.54) is 0 Å². The molecule has 0 spiro atoms. The molecule has 0 heterocycles. The van der Waals surface area contributed by atoms with Crippen LogP contribution in [0.25, 0.3) is 0 Å². The van der Waals surface area contributed by atoms with Gasteiger partial charge in [-0.25, -0.2) is 0 Å². The molecule has 0 atom stereocenters. The molecule has 100 heavy (non-hydrogen) atoms. The van der Waals surface area contributed by atoms with Gasteiger partial charge in [-0.3, -0.25) is 0 Å². The zero-order chi connectivity index (χ0) is 0. The SMILES string of the molecule is [Ta].[Ta].[Ta].[Ta].[Ta].[Ta].[Ta].[Ta].[Ta].[Ta].[Ta].[Ta].[Ta].[Ta].[Ta].[Ta].[Ta].[Ta].[Ta].[Ta].[Ti].[Ti].[Ti].[Ti].[Ti].[Ti].[Ti].[Ti].[Ti].[Ti].[Ti].[Ti].[Ti].[Ti].[Ti].[Ti].[Ti].[Ti].[Ti].[Ti].[Ti].[Ti].[Ti].[Ti].[Ti].[Ti].[Ti].[Ti].[Ti].[Ti].[Ti].[Ti].[Ti].[Ti].[Ti].[Ti].[Ti].[Ti].[Ti].[Ti].[Ti].[Ti].[Ti].[Ti].[Ti].[Ti].[Ti].[Ti].[Ti].[Ti].[Ti].[Ti].[Ti].[Ti].[Ti].[Ti].[Ti].[Ti].[Ti].[Ti].[Ti].[Ti].[Ti].[Ti].[Ti].[Ti].[Ti].[Ti].[Ti].[Ti].[Ti].[Ti].[Ti].[Ti].[Ti].[Ti].[Ti].[Ti].[Ti].[Ti]. The minimum absolute atomic E-state index is 0. The number of hydrogen-bond acceptors (Lipinski definition) is 0. The van der Waals surface area contributed by atoms with Crippen molar-refractivity contribution in [2.24, 2.45) is 0 Å². The first-order valence-corrected chi connectivity index (χ1v) is 0. The summed E-state index contributed by atoms with van der Waals surface area (Å²) in [7, 11) is 0. The van der Waals surface area contributed by atoms with Crippen molar-refractivity contribution in [3.05, 3.63) is 0 Å². The zero-order valence-corrected chi connectivity index (χ0v) is 238. The molecule has 0 unspecified atom stereocenters. The Hall–Kier alpha value is 71.9. The van der Waals surface area contributed by atoms with Crippen LogP contribution in [0.1, 0.15) is 0 Å². The molecule has 0 aliphatic carbocycles. The van der Waals surface area contributed by atoms with Gasteiger partial charge in [-0.05, 0) is 0 Å². The van der Waals surface area contributed by atoms with Crippen molar-refractivity contribution < 1.29 is 2190 Å². The van der Waals surface area contributed by atoms with Crippen molar-refractivity contribution in [3.63, 3.8) is 0 Å². The van der Waals surface area contributed by atoms with E-state index < -0.39 is 0 Å². The summed E-state index contributed by atoms with van der Waals surface area (Å²) in [5, 5.41) is 0. The molecule has 20 radical (unpaired) electrons. The largest absolute Gasteiger partial charge is 0 e. The molecule has 0 aliphatic rings. The molecular weight excluding hydrogens is 7450 g/mol. The maximum atomic E-state index is 0. The molecule has 0 aromatic heterocycles. The maximum absolute atomic E-state index is 0. The molecule has 0 aromatic carbocycles. The third-order valence-electron chi connectivity index (χ3n) is 0. The van der Waals surface area contributed by atoms with Crippen molar-refractivity contribution in [2.75, 3.05) is 0 Å². The molecule has 0 saturated carbocycles. The normalized spacial score (nSPS) is 0. The summed E-state index contributed by atoms with van der Waals surface area (Å²) in [6.07, 6.45) is 0. The average molecular weight is 7450 g/mol. The van der Waals surface area contributed by atoms with Crippen LogP contribution in [-0.2, 0) is 2190 Å². The summed E-state index contributed by atoms with van der Waals surface area (Å²) in [5.41, 5.74) is 0. The van der Waals surface area contributed by atoms with Crippen LogP contribution in [0.15, 0.2) is 0 Å². The van der Waals surface area contributed by atoms with Crippen LogP contribution in [0, 0.1) is 0 Å². The first kappa shape index (κ1) is 971. The smallest absolute Gasteiger partial charge is 0 e. The Morgan fingerprint density at radius 3 is 0.0200 bits per heavy atom. The van der Waals surface area contributed by atoms with Gasteiger partial charge in [-0.15, -0.1) is 0 Å². The average Bonchev–Trinajstić information content (AvgIpc) is 0. The third kappa shape index (κ3) is 937. The predicted octanol–water partition coefficient (Wildman–Crippen LogP) is -0.250. The molecule has 0 N–H and O–H groups in total. The van der Waals surface area contributed by atoms with E-state index in [9.17, 15) is 0 Å². The molecule has 420 valence electrons. The number of hydrogen-bond donors (Lipinski definition) is 0. The molecule has 0 fully saturated rings. The minimum Gasteiger partial charge on any atom is 0 e. The Kier molecular flexibility index (Phi) is 9260. The van der Waals surface area contributed by atoms with Crippen LogP contribution in [0.4, 0.5) is 0 Å². The van der Waals surface area contributed by atoms with Crippen molar-refractivity contribution in [2.45, 2.75) is 0 Å². The van der Waals surface area contributed by atoms with Crippen LogP contribution >= 0.6 is 0 Å².